The number of amides is 3. The molecule has 0 radical (unpaired) electrons. The highest BCUT2D eigenvalue weighted by Crippen LogP contribution is 2.58. The molecule has 3 N–H and O–H groups in total. The van der Waals surface area contributed by atoms with Gasteiger partial charge in [0, 0.05) is 41.9 Å². The molecule has 1 aromatic heterocycles. The highest BCUT2D eigenvalue weighted by molar-refractivity contribution is 7.57. The van der Waals surface area contributed by atoms with E-state index in [0.29, 0.717) is 43.0 Å². The molecule has 4 aromatic rings. The molecule has 7 atom stereocenters. The summed E-state index contributed by atoms with van der Waals surface area (Å²) in [5.74, 6) is -3.52. The van der Waals surface area contributed by atoms with Crippen molar-refractivity contribution in [2.75, 3.05) is 13.2 Å². The minimum absolute atomic E-state index is 0.00616. The number of fused-ring (bicyclic) bond motifs is 2. The van der Waals surface area contributed by atoms with Crippen molar-refractivity contribution in [3.05, 3.63) is 112 Å². The zero-order valence-electron chi connectivity index (χ0n) is 34.5. The van der Waals surface area contributed by atoms with Gasteiger partial charge < -0.3 is 29.4 Å². The lowest BCUT2D eigenvalue weighted by Crippen LogP contribution is -2.57. The van der Waals surface area contributed by atoms with Crippen molar-refractivity contribution in [3.8, 4) is 5.75 Å². The van der Waals surface area contributed by atoms with Crippen molar-refractivity contribution >= 4 is 42.0 Å². The maximum Gasteiger partial charge on any atom is 0.355 e. The number of hydrogen-bond donors (Lipinski definition) is 3. The van der Waals surface area contributed by atoms with Crippen molar-refractivity contribution in [2.45, 2.75) is 120 Å². The topological polar surface area (TPSA) is 167 Å². The van der Waals surface area contributed by atoms with Crippen LogP contribution in [0.5, 0.6) is 5.75 Å². The molecular formula is C46H53FN5O8P. The van der Waals surface area contributed by atoms with E-state index in [1.165, 1.54) is 31.2 Å². The van der Waals surface area contributed by atoms with E-state index in [9.17, 15) is 28.5 Å². The summed E-state index contributed by atoms with van der Waals surface area (Å²) >= 11 is 0. The Kier molecular flexibility index (Phi) is 12.2. The number of aromatic nitrogens is 1. The molecule has 13 nitrogen and oxygen atoms in total. The van der Waals surface area contributed by atoms with E-state index in [4.69, 9.17) is 9.26 Å². The Balaban J connectivity index is 0.994. The number of alkyl halides is 1. The summed E-state index contributed by atoms with van der Waals surface area (Å²) in [5.41, 5.74) is 0.748. The predicted molar refractivity (Wildman–Crippen MR) is 228 cm³/mol. The lowest BCUT2D eigenvalue weighted by molar-refractivity contribution is -0.148. The molecule has 61 heavy (non-hydrogen) atoms. The quantitative estimate of drug-likeness (QED) is 0.0926. The number of halogens is 1. The van der Waals surface area contributed by atoms with Gasteiger partial charge in [-0.25, -0.2) is 9.48 Å². The van der Waals surface area contributed by atoms with Crippen LogP contribution in [0.4, 0.5) is 4.39 Å². The van der Waals surface area contributed by atoms with E-state index < -0.39 is 43.4 Å². The fourth-order valence-corrected chi connectivity index (χ4v) is 11.3. The Morgan fingerprint density at radius 3 is 2.48 bits per heavy atom. The van der Waals surface area contributed by atoms with Gasteiger partial charge in [0.15, 0.2) is 0 Å². The number of ether oxygens (including phenoxy) is 1. The minimum atomic E-state index is -4.47. The number of rotatable bonds is 13. The third-order valence-electron chi connectivity index (χ3n) is 12.8. The smallest absolute Gasteiger partial charge is 0.355 e. The maximum absolute atomic E-state index is 16.6. The van der Waals surface area contributed by atoms with Crippen LogP contribution in [0.15, 0.2) is 89.9 Å². The predicted octanol–water partition coefficient (Wildman–Crippen LogP) is 7.28. The molecule has 4 fully saturated rings. The van der Waals surface area contributed by atoms with E-state index in [2.05, 4.69) is 15.4 Å². The van der Waals surface area contributed by atoms with Crippen LogP contribution in [-0.4, -0.2) is 81.3 Å². The number of likely N-dealkylation sites (tertiary alicyclic amines) is 1. The van der Waals surface area contributed by atoms with Crippen molar-refractivity contribution in [3.63, 3.8) is 0 Å². The molecule has 4 heterocycles. The van der Waals surface area contributed by atoms with Crippen molar-refractivity contribution in [2.24, 2.45) is 0 Å². The minimum Gasteiger partial charge on any atom is -0.465 e. The van der Waals surface area contributed by atoms with Crippen molar-refractivity contribution in [1.82, 2.24) is 25.2 Å². The molecular weight excluding hydrogens is 801 g/mol. The summed E-state index contributed by atoms with van der Waals surface area (Å²) in [6.45, 7) is 3.93. The van der Waals surface area contributed by atoms with Crippen LogP contribution < -0.4 is 20.5 Å². The van der Waals surface area contributed by atoms with Crippen LogP contribution in [-0.2, 0) is 23.7 Å². The first kappa shape index (κ1) is 42.4. The second kappa shape index (κ2) is 17.6. The van der Waals surface area contributed by atoms with Gasteiger partial charge in [0.1, 0.15) is 23.9 Å². The third kappa shape index (κ3) is 8.88. The van der Waals surface area contributed by atoms with Crippen LogP contribution >= 0.6 is 7.52 Å². The largest absolute Gasteiger partial charge is 0.465 e. The van der Waals surface area contributed by atoms with E-state index in [1.807, 2.05) is 17.9 Å². The normalized spacial score (nSPS) is 24.0. The van der Waals surface area contributed by atoms with Gasteiger partial charge in [-0.05, 0) is 117 Å². The second-order valence-electron chi connectivity index (χ2n) is 17.0. The summed E-state index contributed by atoms with van der Waals surface area (Å²) in [4.78, 5) is 74.1. The second-order valence-corrected chi connectivity index (χ2v) is 19.1. The van der Waals surface area contributed by atoms with Crippen LogP contribution in [0.3, 0.4) is 0 Å². The number of benzene rings is 3. The Morgan fingerprint density at radius 1 is 0.951 bits per heavy atom. The number of aromatic amines is 1. The molecule has 3 aromatic carbocycles. The number of nitrogens with one attached hydrogen (secondary N) is 3. The first-order chi connectivity index (χ1) is 29.4. The Labute approximate surface area is 354 Å². The molecule has 0 bridgehead atoms. The van der Waals surface area contributed by atoms with Gasteiger partial charge in [0.05, 0.1) is 6.61 Å². The van der Waals surface area contributed by atoms with Crippen LogP contribution in [0.2, 0.25) is 0 Å². The van der Waals surface area contributed by atoms with E-state index in [0.717, 1.165) is 44.1 Å². The molecule has 322 valence electrons. The average Bonchev–Trinajstić information content (AvgIpc) is 3.75. The van der Waals surface area contributed by atoms with Crippen molar-refractivity contribution in [1.29, 1.82) is 0 Å². The van der Waals surface area contributed by atoms with Crippen LogP contribution in [0, 0.1) is 0 Å². The average molecular weight is 854 g/mol. The number of esters is 1. The first-order valence-electron chi connectivity index (χ1n) is 21.5. The molecule has 15 heteroatoms. The van der Waals surface area contributed by atoms with Gasteiger partial charge >= 0.3 is 13.5 Å². The lowest BCUT2D eigenvalue weighted by atomic mass is 9.96. The fourth-order valence-electron chi connectivity index (χ4n) is 9.43. The fraction of sp³-hybridized carbons (Fsp3) is 0.457. The number of carbonyl (C=O) groups is 4. The Bertz CT molecular complexity index is 2410. The zero-order chi connectivity index (χ0) is 42.9. The molecule has 1 spiro atoms. The maximum atomic E-state index is 16.6. The molecule has 2 unspecified atom stereocenters. The summed E-state index contributed by atoms with van der Waals surface area (Å²) in [6.07, 6.45) is 8.88. The number of H-pyrrole nitrogens is 1. The number of pyridine rings is 1. The highest BCUT2D eigenvalue weighted by Gasteiger charge is 2.58. The first-order valence-corrected chi connectivity index (χ1v) is 23.2. The van der Waals surface area contributed by atoms with Crippen LogP contribution in [0.1, 0.15) is 111 Å². The van der Waals surface area contributed by atoms with Crippen LogP contribution in [0.25, 0.3) is 10.8 Å². The lowest BCUT2D eigenvalue weighted by Gasteiger charge is -2.37. The van der Waals surface area contributed by atoms with Gasteiger partial charge in [-0.2, -0.15) is 0 Å². The number of para-hydroxylation sites is 1. The molecule has 1 saturated carbocycles. The van der Waals surface area contributed by atoms with Gasteiger partial charge in [-0.3, -0.25) is 28.5 Å². The van der Waals surface area contributed by atoms with Gasteiger partial charge in [-0.15, -0.1) is 0 Å². The molecule has 1 aliphatic carbocycles. The number of carbonyl (C=O) groups excluding carboxylic acids is 4. The molecule has 3 amide bonds. The standard InChI is InChI=1S/C46H53FN5O8P/c1-3-23-59-45(57)29(2)50-61(58,60-37-10-5-4-6-11-37)41(47)32-15-13-30-14-16-33(25-34(30)24-32)42(54)49-38-12-8-7-9-36-17-18-39(52(36)43(38)55)44(56)51-28-35(27-46(51)20-21-46)31-19-22-48-40(53)26-31/h4-6,10-11,13-16,19,22,24-26,29,35-36,38-39,41H,3,7-9,12,17-18,20-21,23,27-28H2,1-2H3,(H,48,53)(H,49,54)(H,50,58)/t29-,35+,36-,38-,39-,41?,61?/m0/s1. The summed E-state index contributed by atoms with van der Waals surface area (Å²) < 4.78 is 42.0. The summed E-state index contributed by atoms with van der Waals surface area (Å²) in [7, 11) is -4.47. The molecule has 3 aliphatic heterocycles. The number of nitrogens with zero attached hydrogens (tertiary/aromatic N) is 2. The molecule has 4 aliphatic rings. The van der Waals surface area contributed by atoms with E-state index in [-0.39, 0.29) is 58.4 Å². The summed E-state index contributed by atoms with van der Waals surface area (Å²) in [5, 5.41) is 6.75. The Hall–Kier alpha value is -5.33. The van der Waals surface area contributed by atoms with Gasteiger partial charge in [0.25, 0.3) is 5.91 Å². The van der Waals surface area contributed by atoms with Gasteiger partial charge in [-0.1, -0.05) is 56.2 Å². The van der Waals surface area contributed by atoms with E-state index in [1.54, 1.807) is 59.6 Å². The Morgan fingerprint density at radius 2 is 1.72 bits per heavy atom. The highest BCUT2D eigenvalue weighted by atomic mass is 31.2. The van der Waals surface area contributed by atoms with E-state index >= 15 is 4.39 Å². The third-order valence-corrected chi connectivity index (χ3v) is 14.9. The molecule has 3 saturated heterocycles. The summed E-state index contributed by atoms with van der Waals surface area (Å²) in [6, 6.07) is 18.5. The zero-order valence-corrected chi connectivity index (χ0v) is 35.4. The van der Waals surface area contributed by atoms with Gasteiger partial charge in [0.2, 0.25) is 23.3 Å². The SMILES string of the molecule is CCCOC(=O)[C@H](C)NP(=O)(Oc1ccccc1)C(F)c1ccc2ccc(C(=O)N[C@H]3CCCC[C@H]4CC[C@@H](C(=O)N5C[C@H](c6cc[nH]c(=O)c6)CC56CC6)N4C3=O)cc2c1. The molecule has 8 rings (SSSR count). The van der Waals surface area contributed by atoms with Crippen molar-refractivity contribution < 1.29 is 37.4 Å². The number of hydrogen-bond acceptors (Lipinski definition) is 8. The monoisotopic (exact) mass is 853 g/mol.